The number of rotatable bonds is 6. The fourth-order valence-electron chi connectivity index (χ4n) is 2.95. The summed E-state index contributed by atoms with van der Waals surface area (Å²) < 4.78 is 23.1. The van der Waals surface area contributed by atoms with Gasteiger partial charge in [0, 0.05) is 18.5 Å². The molecule has 2 heterocycles. The Hall–Kier alpha value is -2.49. The van der Waals surface area contributed by atoms with E-state index in [2.05, 4.69) is 0 Å². The number of thiazole rings is 1. The van der Waals surface area contributed by atoms with Crippen LogP contribution in [0.25, 0.3) is 16.0 Å². The van der Waals surface area contributed by atoms with Crippen LogP contribution in [0.2, 0.25) is 0 Å². The molecule has 0 saturated heterocycles. The normalized spacial score (nSPS) is 11.2. The zero-order valence-electron chi connectivity index (χ0n) is 16.3. The molecule has 2 aromatic heterocycles. The first kappa shape index (κ1) is 20.8. The van der Waals surface area contributed by atoms with Gasteiger partial charge >= 0.3 is 0 Å². The van der Waals surface area contributed by atoms with Crippen molar-refractivity contribution in [1.29, 1.82) is 0 Å². The van der Waals surface area contributed by atoms with E-state index in [-0.39, 0.29) is 11.4 Å². The third-order valence-electron chi connectivity index (χ3n) is 4.46. The first-order valence-electron chi connectivity index (χ1n) is 9.21. The summed E-state index contributed by atoms with van der Waals surface area (Å²) in [6, 6.07) is 13.8. The maximum absolute atomic E-state index is 13.1. The molecule has 0 unspecified atom stereocenters. The molecule has 9 heteroatoms. The van der Waals surface area contributed by atoms with Crippen molar-refractivity contribution in [2.75, 3.05) is 6.61 Å². The number of hydrogen-bond acceptors (Lipinski definition) is 6. The van der Waals surface area contributed by atoms with Crippen LogP contribution in [0.3, 0.4) is 0 Å². The van der Waals surface area contributed by atoms with Gasteiger partial charge in [-0.05, 0) is 61.1 Å². The number of aromatic nitrogens is 3. The Morgan fingerprint density at radius 1 is 1.17 bits per heavy atom. The second-order valence-electron chi connectivity index (χ2n) is 6.46. The molecule has 4 aromatic rings. The van der Waals surface area contributed by atoms with Gasteiger partial charge in [-0.3, -0.25) is 13.9 Å². The van der Waals surface area contributed by atoms with Gasteiger partial charge in [-0.2, -0.15) is 0 Å². The summed E-state index contributed by atoms with van der Waals surface area (Å²) in [5.74, 6) is 1.06. The van der Waals surface area contributed by atoms with Crippen molar-refractivity contribution in [3.63, 3.8) is 0 Å². The number of ether oxygens (including phenoxy) is 1. The molecule has 0 atom stereocenters. The Kier molecular flexibility index (Phi) is 6.03. The lowest BCUT2D eigenvalue weighted by Crippen LogP contribution is -2.19. The monoisotopic (exact) mass is 459 g/mol. The molecular formula is C21H18FN3O2S3. The van der Waals surface area contributed by atoms with Gasteiger partial charge in [0.15, 0.2) is 14.8 Å². The van der Waals surface area contributed by atoms with Crippen LogP contribution in [0.5, 0.6) is 5.75 Å². The number of benzene rings is 2. The molecule has 0 amide bonds. The van der Waals surface area contributed by atoms with E-state index < -0.39 is 0 Å². The van der Waals surface area contributed by atoms with Gasteiger partial charge in [0.1, 0.15) is 16.3 Å². The molecular weight excluding hydrogens is 441 g/mol. The highest BCUT2D eigenvalue weighted by Gasteiger charge is 2.16. The minimum atomic E-state index is -0.275. The maximum atomic E-state index is 13.1. The number of thioether (sulfide) groups is 1. The standard InChI is InChI=1S/C21H18FN3O2S3/c1-3-27-16-10-8-15(9-11-16)25-18-17(30-21(25)28)19(26)24(2)20(23-18)29-12-13-4-6-14(22)7-5-13/h4-11H,3,12H2,1-2H3. The van der Waals surface area contributed by atoms with Crippen LogP contribution in [0.1, 0.15) is 12.5 Å². The Bertz CT molecular complexity index is 1310. The number of fused-ring (bicyclic) bond motifs is 1. The summed E-state index contributed by atoms with van der Waals surface area (Å²) in [6.45, 7) is 2.52. The average Bonchev–Trinajstić information content (AvgIpc) is 3.08. The van der Waals surface area contributed by atoms with Crippen molar-refractivity contribution < 1.29 is 9.13 Å². The highest BCUT2D eigenvalue weighted by atomic mass is 32.2. The molecule has 30 heavy (non-hydrogen) atoms. The van der Waals surface area contributed by atoms with Crippen LogP contribution < -0.4 is 10.3 Å². The highest BCUT2D eigenvalue weighted by Crippen LogP contribution is 2.27. The maximum Gasteiger partial charge on any atom is 0.273 e. The van der Waals surface area contributed by atoms with E-state index >= 15 is 0 Å². The van der Waals surface area contributed by atoms with Crippen molar-refractivity contribution >= 4 is 45.7 Å². The third kappa shape index (κ3) is 4.05. The molecule has 0 aliphatic heterocycles. The van der Waals surface area contributed by atoms with Crippen molar-refractivity contribution in [3.8, 4) is 11.4 Å². The quantitative estimate of drug-likeness (QED) is 0.221. The van der Waals surface area contributed by atoms with E-state index in [1.807, 2.05) is 35.8 Å². The van der Waals surface area contributed by atoms with Crippen LogP contribution in [-0.2, 0) is 12.8 Å². The van der Waals surface area contributed by atoms with Gasteiger partial charge in [-0.1, -0.05) is 35.2 Å². The average molecular weight is 460 g/mol. The summed E-state index contributed by atoms with van der Waals surface area (Å²) in [5.41, 5.74) is 2.18. The largest absolute Gasteiger partial charge is 0.494 e. The van der Waals surface area contributed by atoms with Gasteiger partial charge in [0.25, 0.3) is 5.56 Å². The zero-order chi connectivity index (χ0) is 21.3. The van der Waals surface area contributed by atoms with Crippen molar-refractivity contribution in [3.05, 3.63) is 74.2 Å². The third-order valence-corrected chi connectivity index (χ3v) is 6.91. The smallest absolute Gasteiger partial charge is 0.273 e. The van der Waals surface area contributed by atoms with E-state index in [0.29, 0.717) is 31.8 Å². The molecule has 0 aliphatic carbocycles. The number of hydrogen-bond donors (Lipinski definition) is 0. The highest BCUT2D eigenvalue weighted by molar-refractivity contribution is 7.98. The van der Waals surface area contributed by atoms with Gasteiger partial charge in [-0.25, -0.2) is 9.37 Å². The summed E-state index contributed by atoms with van der Waals surface area (Å²) in [7, 11) is 1.70. The molecule has 0 spiro atoms. The van der Waals surface area contributed by atoms with Crippen molar-refractivity contribution in [1.82, 2.24) is 14.1 Å². The topological polar surface area (TPSA) is 49.0 Å². The summed E-state index contributed by atoms with van der Waals surface area (Å²) in [5, 5.41) is 0.573. The molecule has 0 fully saturated rings. The lowest BCUT2D eigenvalue weighted by atomic mass is 10.2. The van der Waals surface area contributed by atoms with Crippen LogP contribution in [0.15, 0.2) is 58.5 Å². The lowest BCUT2D eigenvalue weighted by Gasteiger charge is -2.10. The summed E-state index contributed by atoms with van der Waals surface area (Å²) >= 11 is 8.22. The second kappa shape index (κ2) is 8.71. The summed E-state index contributed by atoms with van der Waals surface area (Å²) in [6.07, 6.45) is 0. The molecule has 154 valence electrons. The molecule has 2 aromatic carbocycles. The fourth-order valence-corrected chi connectivity index (χ4v) is 5.22. The molecule has 0 radical (unpaired) electrons. The predicted octanol–water partition coefficient (Wildman–Crippen LogP) is 5.35. The summed E-state index contributed by atoms with van der Waals surface area (Å²) in [4.78, 5) is 17.7. The molecule has 5 nitrogen and oxygen atoms in total. The number of halogens is 1. The predicted molar refractivity (Wildman–Crippen MR) is 122 cm³/mol. The Labute approximate surface area is 185 Å². The van der Waals surface area contributed by atoms with Crippen LogP contribution >= 0.6 is 35.3 Å². The van der Waals surface area contributed by atoms with Gasteiger partial charge in [-0.15, -0.1) is 0 Å². The molecule has 4 rings (SSSR count). The molecule has 0 aliphatic rings. The van der Waals surface area contributed by atoms with Crippen LogP contribution in [0, 0.1) is 9.77 Å². The van der Waals surface area contributed by atoms with E-state index in [4.69, 9.17) is 21.9 Å². The van der Waals surface area contributed by atoms with Gasteiger partial charge < -0.3 is 4.74 Å². The minimum absolute atomic E-state index is 0.137. The number of nitrogens with zero attached hydrogens (tertiary/aromatic N) is 3. The first-order valence-corrected chi connectivity index (χ1v) is 11.4. The lowest BCUT2D eigenvalue weighted by molar-refractivity contribution is 0.340. The zero-order valence-corrected chi connectivity index (χ0v) is 18.7. The second-order valence-corrected chi connectivity index (χ2v) is 9.04. The van der Waals surface area contributed by atoms with E-state index in [1.165, 1.54) is 39.8 Å². The SMILES string of the molecule is CCOc1ccc(-n2c(=S)sc3c(=O)n(C)c(SCc4ccc(F)cc4)nc32)cc1. The first-order chi connectivity index (χ1) is 14.5. The molecule has 0 saturated carbocycles. The van der Waals surface area contributed by atoms with E-state index in [9.17, 15) is 9.18 Å². The minimum Gasteiger partial charge on any atom is -0.494 e. The molecule has 0 N–H and O–H groups in total. The Balaban J connectivity index is 1.75. The van der Waals surface area contributed by atoms with E-state index in [1.54, 1.807) is 19.2 Å². The Morgan fingerprint density at radius 3 is 2.53 bits per heavy atom. The van der Waals surface area contributed by atoms with Crippen molar-refractivity contribution in [2.45, 2.75) is 17.8 Å². The van der Waals surface area contributed by atoms with E-state index in [0.717, 1.165) is 17.0 Å². The van der Waals surface area contributed by atoms with Crippen LogP contribution in [-0.4, -0.2) is 20.7 Å². The van der Waals surface area contributed by atoms with Gasteiger partial charge in [0.2, 0.25) is 0 Å². The Morgan fingerprint density at radius 2 is 1.87 bits per heavy atom. The van der Waals surface area contributed by atoms with Crippen molar-refractivity contribution in [2.24, 2.45) is 7.05 Å². The van der Waals surface area contributed by atoms with Gasteiger partial charge in [0.05, 0.1) is 6.61 Å². The molecule has 0 bridgehead atoms. The van der Waals surface area contributed by atoms with Crippen LogP contribution in [0.4, 0.5) is 4.39 Å². The fraction of sp³-hybridized carbons (Fsp3) is 0.190.